The van der Waals surface area contributed by atoms with Gasteiger partial charge in [-0.2, -0.15) is 0 Å². The summed E-state index contributed by atoms with van der Waals surface area (Å²) in [6.07, 6.45) is 0.477. The summed E-state index contributed by atoms with van der Waals surface area (Å²) in [5, 5.41) is 2.62. The van der Waals surface area contributed by atoms with E-state index < -0.39 is 17.8 Å². The highest BCUT2D eigenvalue weighted by Crippen LogP contribution is 2.26. The number of piperazine rings is 1. The van der Waals surface area contributed by atoms with Gasteiger partial charge in [0, 0.05) is 13.1 Å². The number of nitrogens with zero attached hydrogens (tertiary/aromatic N) is 1. The van der Waals surface area contributed by atoms with Crippen LogP contribution in [0.1, 0.15) is 23.7 Å². The third kappa shape index (κ3) is 2.74. The van der Waals surface area contributed by atoms with E-state index in [2.05, 4.69) is 5.32 Å². The maximum Gasteiger partial charge on any atom is 0.256 e. The Kier molecular flexibility index (Phi) is 4.50. The van der Waals surface area contributed by atoms with Crippen molar-refractivity contribution in [3.05, 3.63) is 33.6 Å². The van der Waals surface area contributed by atoms with Crippen LogP contribution in [0.4, 0.5) is 4.39 Å². The molecule has 1 aliphatic heterocycles. The molecule has 1 unspecified atom stereocenters. The molecule has 0 aromatic heterocycles. The molecule has 0 saturated carbocycles. The molecule has 1 fully saturated rings. The van der Waals surface area contributed by atoms with Crippen LogP contribution >= 0.6 is 23.2 Å². The van der Waals surface area contributed by atoms with Gasteiger partial charge in [0.15, 0.2) is 0 Å². The molecule has 1 aromatic carbocycles. The second-order valence-electron chi connectivity index (χ2n) is 4.46. The maximum atomic E-state index is 13.5. The molecule has 0 aliphatic carbocycles. The number of amides is 2. The van der Waals surface area contributed by atoms with Gasteiger partial charge < -0.3 is 10.2 Å². The minimum absolute atomic E-state index is 0.0155. The topological polar surface area (TPSA) is 49.4 Å². The quantitative estimate of drug-likeness (QED) is 0.852. The van der Waals surface area contributed by atoms with Crippen molar-refractivity contribution in [3.8, 4) is 0 Å². The van der Waals surface area contributed by atoms with E-state index in [-0.39, 0.29) is 21.5 Å². The van der Waals surface area contributed by atoms with Crippen molar-refractivity contribution < 1.29 is 14.0 Å². The van der Waals surface area contributed by atoms with Crippen LogP contribution in [0.3, 0.4) is 0 Å². The summed E-state index contributed by atoms with van der Waals surface area (Å²) in [5.74, 6) is -1.39. The molecule has 1 aliphatic rings. The highest BCUT2D eigenvalue weighted by Gasteiger charge is 2.33. The SMILES string of the molecule is CCC1C(=O)NCCN1C(=O)c1cc(F)c(Cl)cc1Cl. The van der Waals surface area contributed by atoms with Crippen LogP contribution in [-0.4, -0.2) is 35.8 Å². The summed E-state index contributed by atoms with van der Waals surface area (Å²) in [7, 11) is 0. The van der Waals surface area contributed by atoms with Crippen LogP contribution in [0.5, 0.6) is 0 Å². The molecule has 1 N–H and O–H groups in total. The van der Waals surface area contributed by atoms with Crippen LogP contribution in [-0.2, 0) is 4.79 Å². The predicted octanol–water partition coefficient (Wildman–Crippen LogP) is 2.48. The molecule has 0 bridgehead atoms. The predicted molar refractivity (Wildman–Crippen MR) is 74.5 cm³/mol. The number of carbonyl (C=O) groups excluding carboxylic acids is 2. The first-order valence-electron chi connectivity index (χ1n) is 6.19. The number of carbonyl (C=O) groups is 2. The smallest absolute Gasteiger partial charge is 0.256 e. The van der Waals surface area contributed by atoms with Crippen molar-refractivity contribution in [1.29, 1.82) is 0 Å². The van der Waals surface area contributed by atoms with E-state index in [0.717, 1.165) is 6.07 Å². The number of hydrogen-bond acceptors (Lipinski definition) is 2. The standard InChI is InChI=1S/C13H13Cl2FN2O2/c1-2-11-12(19)17-3-4-18(11)13(20)7-5-10(16)9(15)6-8(7)14/h5-6,11H,2-4H2,1H3,(H,17,19). The van der Waals surface area contributed by atoms with Gasteiger partial charge in [-0.15, -0.1) is 0 Å². The van der Waals surface area contributed by atoms with Crippen LogP contribution in [0.2, 0.25) is 10.0 Å². The molecule has 1 aromatic rings. The Bertz CT molecular complexity index is 566. The van der Waals surface area contributed by atoms with Crippen molar-refractivity contribution in [1.82, 2.24) is 10.2 Å². The molecule has 2 rings (SSSR count). The van der Waals surface area contributed by atoms with E-state index in [4.69, 9.17) is 23.2 Å². The summed E-state index contributed by atoms with van der Waals surface area (Å²) in [4.78, 5) is 25.6. The first-order valence-corrected chi connectivity index (χ1v) is 6.94. The average Bonchev–Trinajstić information content (AvgIpc) is 2.41. The van der Waals surface area contributed by atoms with Crippen molar-refractivity contribution in [2.45, 2.75) is 19.4 Å². The van der Waals surface area contributed by atoms with Crippen molar-refractivity contribution in [2.24, 2.45) is 0 Å². The van der Waals surface area contributed by atoms with Crippen molar-refractivity contribution in [2.75, 3.05) is 13.1 Å². The van der Waals surface area contributed by atoms with Gasteiger partial charge in [0.1, 0.15) is 11.9 Å². The highest BCUT2D eigenvalue weighted by atomic mass is 35.5. The van der Waals surface area contributed by atoms with E-state index in [1.165, 1.54) is 11.0 Å². The Morgan fingerprint density at radius 2 is 2.15 bits per heavy atom. The fraction of sp³-hybridized carbons (Fsp3) is 0.385. The van der Waals surface area contributed by atoms with E-state index in [1.807, 2.05) is 0 Å². The molecular weight excluding hydrogens is 306 g/mol. The van der Waals surface area contributed by atoms with Crippen molar-refractivity contribution >= 4 is 35.0 Å². The van der Waals surface area contributed by atoms with Gasteiger partial charge in [0.05, 0.1) is 15.6 Å². The number of benzene rings is 1. The minimum atomic E-state index is -0.714. The van der Waals surface area contributed by atoms with E-state index in [9.17, 15) is 14.0 Å². The highest BCUT2D eigenvalue weighted by molar-refractivity contribution is 6.36. The van der Waals surface area contributed by atoms with E-state index >= 15 is 0 Å². The normalized spacial score (nSPS) is 18.9. The lowest BCUT2D eigenvalue weighted by Crippen LogP contribution is -2.56. The Hall–Kier alpha value is -1.33. The zero-order chi connectivity index (χ0) is 14.9. The summed E-state index contributed by atoms with van der Waals surface area (Å²) in [5.41, 5.74) is 0.0155. The molecule has 108 valence electrons. The lowest BCUT2D eigenvalue weighted by Gasteiger charge is -2.34. The summed E-state index contributed by atoms with van der Waals surface area (Å²) >= 11 is 11.6. The molecule has 0 radical (unpaired) electrons. The third-order valence-electron chi connectivity index (χ3n) is 3.22. The molecule has 4 nitrogen and oxygen atoms in total. The Balaban J connectivity index is 2.35. The summed E-state index contributed by atoms with van der Waals surface area (Å²) in [6, 6.07) is 1.63. The minimum Gasteiger partial charge on any atom is -0.353 e. The molecule has 20 heavy (non-hydrogen) atoms. The Labute approximate surface area is 125 Å². The lowest BCUT2D eigenvalue weighted by atomic mass is 10.1. The second-order valence-corrected chi connectivity index (χ2v) is 5.27. The van der Waals surface area contributed by atoms with Crippen LogP contribution in [0.25, 0.3) is 0 Å². The maximum absolute atomic E-state index is 13.5. The van der Waals surface area contributed by atoms with Crippen LogP contribution in [0, 0.1) is 5.82 Å². The van der Waals surface area contributed by atoms with Gasteiger partial charge in [-0.25, -0.2) is 4.39 Å². The first-order chi connectivity index (χ1) is 9.45. The van der Waals surface area contributed by atoms with Gasteiger partial charge >= 0.3 is 0 Å². The first kappa shape index (κ1) is 15.1. The van der Waals surface area contributed by atoms with E-state index in [1.54, 1.807) is 6.92 Å². The fourth-order valence-corrected chi connectivity index (χ4v) is 2.67. The summed E-state index contributed by atoms with van der Waals surface area (Å²) < 4.78 is 13.5. The largest absolute Gasteiger partial charge is 0.353 e. The van der Waals surface area contributed by atoms with Crippen LogP contribution < -0.4 is 5.32 Å². The fourth-order valence-electron chi connectivity index (χ4n) is 2.20. The van der Waals surface area contributed by atoms with Gasteiger partial charge in [0.2, 0.25) is 5.91 Å². The summed E-state index contributed by atoms with van der Waals surface area (Å²) in [6.45, 7) is 2.54. The number of rotatable bonds is 2. The lowest BCUT2D eigenvalue weighted by molar-refractivity contribution is -0.127. The zero-order valence-corrected chi connectivity index (χ0v) is 12.3. The second kappa shape index (κ2) is 5.97. The zero-order valence-electron chi connectivity index (χ0n) is 10.8. The molecule has 1 heterocycles. The van der Waals surface area contributed by atoms with Gasteiger partial charge in [-0.05, 0) is 18.6 Å². The van der Waals surface area contributed by atoms with Crippen molar-refractivity contribution in [3.63, 3.8) is 0 Å². The molecular formula is C13H13Cl2FN2O2. The molecule has 7 heteroatoms. The Morgan fingerprint density at radius 1 is 1.45 bits per heavy atom. The molecule has 1 atom stereocenters. The third-order valence-corrected chi connectivity index (χ3v) is 3.82. The van der Waals surface area contributed by atoms with Gasteiger partial charge in [-0.3, -0.25) is 9.59 Å². The average molecular weight is 319 g/mol. The molecule has 0 spiro atoms. The molecule has 2 amide bonds. The van der Waals surface area contributed by atoms with Crippen LogP contribution in [0.15, 0.2) is 12.1 Å². The number of halogens is 3. The van der Waals surface area contributed by atoms with Gasteiger partial charge in [0.25, 0.3) is 5.91 Å². The van der Waals surface area contributed by atoms with Gasteiger partial charge in [-0.1, -0.05) is 30.1 Å². The number of nitrogens with one attached hydrogen (secondary N) is 1. The van der Waals surface area contributed by atoms with E-state index in [0.29, 0.717) is 19.5 Å². The number of hydrogen-bond donors (Lipinski definition) is 1. The molecule has 1 saturated heterocycles. The Morgan fingerprint density at radius 3 is 2.80 bits per heavy atom. The monoisotopic (exact) mass is 318 g/mol.